The van der Waals surface area contributed by atoms with E-state index in [1.54, 1.807) is 6.20 Å². The Morgan fingerprint density at radius 1 is 1.50 bits per heavy atom. The fraction of sp³-hybridized carbons (Fsp3) is 0.556. The Kier molecular flexibility index (Phi) is 4.12. The predicted octanol–water partition coefficient (Wildman–Crippen LogP) is 0.422. The van der Waals surface area contributed by atoms with Gasteiger partial charge in [0.15, 0.2) is 0 Å². The van der Waals surface area contributed by atoms with Gasteiger partial charge in [0.25, 0.3) is 0 Å². The number of anilines is 2. The Labute approximate surface area is 84.3 Å². The van der Waals surface area contributed by atoms with Gasteiger partial charge in [-0.25, -0.2) is 4.98 Å². The third-order valence-corrected chi connectivity index (χ3v) is 1.99. The average Bonchev–Trinajstić information content (AvgIpc) is 2.17. The number of hydrogen-bond acceptors (Lipinski definition) is 5. The van der Waals surface area contributed by atoms with Crippen molar-refractivity contribution in [3.05, 3.63) is 12.4 Å². The molecule has 0 fully saturated rings. The maximum Gasteiger partial charge on any atom is 0.146 e. The molecular weight excluding hydrogens is 178 g/mol. The molecule has 0 aliphatic rings. The van der Waals surface area contributed by atoms with E-state index in [0.29, 0.717) is 5.82 Å². The highest BCUT2D eigenvalue weighted by Crippen LogP contribution is 2.01. The van der Waals surface area contributed by atoms with Crippen LogP contribution in [-0.2, 0) is 0 Å². The monoisotopic (exact) mass is 195 g/mol. The van der Waals surface area contributed by atoms with Gasteiger partial charge in [0.05, 0.1) is 12.4 Å². The molecule has 1 heterocycles. The number of hydrogen-bond donors (Lipinski definition) is 2. The van der Waals surface area contributed by atoms with Crippen molar-refractivity contribution in [2.45, 2.75) is 6.92 Å². The lowest BCUT2D eigenvalue weighted by Gasteiger charge is -2.14. The Bertz CT molecular complexity index is 276. The van der Waals surface area contributed by atoms with Crippen LogP contribution in [0.2, 0.25) is 0 Å². The molecule has 1 aromatic heterocycles. The summed E-state index contributed by atoms with van der Waals surface area (Å²) in [7, 11) is 2.08. The largest absolute Gasteiger partial charge is 0.382 e. The summed E-state index contributed by atoms with van der Waals surface area (Å²) in [6.07, 6.45) is 3.20. The topological polar surface area (TPSA) is 67.1 Å². The lowest BCUT2D eigenvalue weighted by Crippen LogP contribution is -2.25. The van der Waals surface area contributed by atoms with Crippen molar-refractivity contribution in [3.63, 3.8) is 0 Å². The second-order valence-corrected chi connectivity index (χ2v) is 3.15. The predicted molar refractivity (Wildman–Crippen MR) is 58.1 cm³/mol. The van der Waals surface area contributed by atoms with Crippen molar-refractivity contribution in [2.24, 2.45) is 0 Å². The first-order valence-electron chi connectivity index (χ1n) is 4.72. The summed E-state index contributed by atoms with van der Waals surface area (Å²) < 4.78 is 0. The number of aromatic nitrogens is 2. The standard InChI is InChI=1S/C9H17N5/c1-3-14(2)5-4-12-9-7-11-6-8(10)13-9/h6-7H,3-5H2,1-2H3,(H3,10,12,13). The number of nitrogens with one attached hydrogen (secondary N) is 1. The van der Waals surface area contributed by atoms with E-state index < -0.39 is 0 Å². The zero-order valence-corrected chi connectivity index (χ0v) is 8.70. The van der Waals surface area contributed by atoms with Crippen LogP contribution in [0.25, 0.3) is 0 Å². The van der Waals surface area contributed by atoms with Crippen LogP contribution in [0.3, 0.4) is 0 Å². The molecule has 0 aromatic carbocycles. The Hall–Kier alpha value is -1.36. The molecule has 0 atom stereocenters. The highest BCUT2D eigenvalue weighted by atomic mass is 15.1. The molecule has 0 saturated heterocycles. The van der Waals surface area contributed by atoms with E-state index in [1.807, 2.05) is 0 Å². The minimum atomic E-state index is 0.443. The highest BCUT2D eigenvalue weighted by molar-refractivity contribution is 5.38. The molecule has 0 amide bonds. The SMILES string of the molecule is CCN(C)CCNc1cncc(N)n1. The molecule has 1 rings (SSSR count). The van der Waals surface area contributed by atoms with Gasteiger partial charge < -0.3 is 16.0 Å². The molecule has 0 bridgehead atoms. The number of rotatable bonds is 5. The van der Waals surface area contributed by atoms with Crippen LogP contribution in [0.15, 0.2) is 12.4 Å². The molecule has 5 nitrogen and oxygen atoms in total. The third-order valence-electron chi connectivity index (χ3n) is 1.99. The minimum absolute atomic E-state index is 0.443. The van der Waals surface area contributed by atoms with Gasteiger partial charge in [0, 0.05) is 13.1 Å². The summed E-state index contributed by atoms with van der Waals surface area (Å²) in [6.45, 7) is 5.00. The fourth-order valence-electron chi connectivity index (χ4n) is 0.999. The molecule has 0 aliphatic heterocycles. The molecule has 5 heteroatoms. The summed E-state index contributed by atoms with van der Waals surface area (Å²) in [5.74, 6) is 1.17. The molecule has 14 heavy (non-hydrogen) atoms. The second kappa shape index (κ2) is 5.39. The van der Waals surface area contributed by atoms with Gasteiger partial charge in [-0.1, -0.05) is 6.92 Å². The van der Waals surface area contributed by atoms with E-state index in [-0.39, 0.29) is 0 Å². The first-order chi connectivity index (χ1) is 6.72. The first-order valence-corrected chi connectivity index (χ1v) is 4.72. The lowest BCUT2D eigenvalue weighted by molar-refractivity contribution is 0.367. The second-order valence-electron chi connectivity index (χ2n) is 3.15. The fourth-order valence-corrected chi connectivity index (χ4v) is 0.999. The molecule has 78 valence electrons. The molecule has 3 N–H and O–H groups in total. The number of nitrogen functional groups attached to an aromatic ring is 1. The zero-order valence-electron chi connectivity index (χ0n) is 8.70. The van der Waals surface area contributed by atoms with Crippen LogP contribution in [0.4, 0.5) is 11.6 Å². The zero-order chi connectivity index (χ0) is 10.4. The van der Waals surface area contributed by atoms with Crippen LogP contribution in [-0.4, -0.2) is 41.5 Å². The first kappa shape index (κ1) is 10.7. The van der Waals surface area contributed by atoms with Crippen LogP contribution < -0.4 is 11.1 Å². The van der Waals surface area contributed by atoms with Gasteiger partial charge in [-0.05, 0) is 13.6 Å². The minimum Gasteiger partial charge on any atom is -0.382 e. The van der Waals surface area contributed by atoms with Gasteiger partial charge in [0.2, 0.25) is 0 Å². The quantitative estimate of drug-likeness (QED) is 0.713. The maximum absolute atomic E-state index is 5.49. The molecule has 0 radical (unpaired) electrons. The van der Waals surface area contributed by atoms with E-state index in [4.69, 9.17) is 5.73 Å². The Morgan fingerprint density at radius 3 is 2.93 bits per heavy atom. The van der Waals surface area contributed by atoms with Crippen molar-refractivity contribution in [3.8, 4) is 0 Å². The smallest absolute Gasteiger partial charge is 0.146 e. The van der Waals surface area contributed by atoms with Gasteiger partial charge in [-0.15, -0.1) is 0 Å². The number of nitrogens with two attached hydrogens (primary N) is 1. The van der Waals surface area contributed by atoms with E-state index in [2.05, 4.69) is 34.2 Å². The van der Waals surface area contributed by atoms with Crippen molar-refractivity contribution in [1.29, 1.82) is 0 Å². The van der Waals surface area contributed by atoms with Crippen molar-refractivity contribution < 1.29 is 0 Å². The van der Waals surface area contributed by atoms with E-state index in [1.165, 1.54) is 6.20 Å². The third kappa shape index (κ3) is 3.57. The molecule has 0 aliphatic carbocycles. The molecular formula is C9H17N5. The van der Waals surface area contributed by atoms with Gasteiger partial charge in [-0.3, -0.25) is 4.98 Å². The van der Waals surface area contributed by atoms with Crippen LogP contribution in [0.1, 0.15) is 6.92 Å². The summed E-state index contributed by atoms with van der Waals surface area (Å²) in [5, 5.41) is 3.16. The number of likely N-dealkylation sites (N-methyl/N-ethyl adjacent to an activating group) is 1. The summed E-state index contributed by atoms with van der Waals surface area (Å²) in [4.78, 5) is 10.2. The van der Waals surface area contributed by atoms with Gasteiger partial charge >= 0.3 is 0 Å². The normalized spacial score (nSPS) is 10.5. The maximum atomic E-state index is 5.49. The van der Waals surface area contributed by atoms with E-state index in [0.717, 1.165) is 25.5 Å². The molecule has 0 unspecified atom stereocenters. The van der Waals surface area contributed by atoms with Gasteiger partial charge in [-0.2, -0.15) is 0 Å². The molecule has 1 aromatic rings. The van der Waals surface area contributed by atoms with Crippen molar-refractivity contribution >= 4 is 11.6 Å². The molecule has 0 saturated carbocycles. The van der Waals surface area contributed by atoms with Crippen molar-refractivity contribution in [2.75, 3.05) is 37.7 Å². The summed E-state index contributed by atoms with van der Waals surface area (Å²) >= 11 is 0. The van der Waals surface area contributed by atoms with Gasteiger partial charge in [0.1, 0.15) is 11.6 Å². The summed E-state index contributed by atoms with van der Waals surface area (Å²) in [5.41, 5.74) is 5.49. The van der Waals surface area contributed by atoms with E-state index >= 15 is 0 Å². The summed E-state index contributed by atoms with van der Waals surface area (Å²) in [6, 6.07) is 0. The Balaban J connectivity index is 2.31. The van der Waals surface area contributed by atoms with Crippen LogP contribution in [0.5, 0.6) is 0 Å². The van der Waals surface area contributed by atoms with Crippen LogP contribution >= 0.6 is 0 Å². The average molecular weight is 195 g/mol. The van der Waals surface area contributed by atoms with Crippen molar-refractivity contribution in [1.82, 2.24) is 14.9 Å². The lowest BCUT2D eigenvalue weighted by atomic mass is 10.5. The van der Waals surface area contributed by atoms with E-state index in [9.17, 15) is 0 Å². The van der Waals surface area contributed by atoms with Crippen LogP contribution in [0, 0.1) is 0 Å². The Morgan fingerprint density at radius 2 is 2.29 bits per heavy atom. The number of nitrogens with zero attached hydrogens (tertiary/aromatic N) is 3. The molecule has 0 spiro atoms. The highest BCUT2D eigenvalue weighted by Gasteiger charge is 1.96.